The summed E-state index contributed by atoms with van der Waals surface area (Å²) in [6.07, 6.45) is 8.21. The second kappa shape index (κ2) is 4.58. The molecule has 0 aliphatic rings. The molecule has 0 unspecified atom stereocenters. The number of methoxy groups -OCH3 is 1. The quantitative estimate of drug-likeness (QED) is 0.263. The van der Waals surface area contributed by atoms with Crippen LogP contribution < -0.4 is 0 Å². The van der Waals surface area contributed by atoms with E-state index in [1.165, 1.54) is 13.2 Å². The van der Waals surface area contributed by atoms with E-state index >= 15 is 0 Å². The highest BCUT2D eigenvalue weighted by atomic mass is 16.5. The minimum absolute atomic E-state index is 0.363. The van der Waals surface area contributed by atoms with Crippen molar-refractivity contribution >= 4 is 5.97 Å². The molecule has 0 radical (unpaired) electrons. The lowest BCUT2D eigenvalue weighted by Gasteiger charge is -2.21. The first-order chi connectivity index (χ1) is 5.52. The van der Waals surface area contributed by atoms with Crippen LogP contribution in [0, 0.1) is 12.3 Å². The Labute approximate surface area is 73.2 Å². The molecule has 12 heavy (non-hydrogen) atoms. The first kappa shape index (κ1) is 10.7. The lowest BCUT2D eigenvalue weighted by atomic mass is 10.4. The minimum Gasteiger partial charge on any atom is -0.466 e. The maximum atomic E-state index is 10.7. The zero-order valence-electron chi connectivity index (χ0n) is 7.70. The first-order valence-corrected chi connectivity index (χ1v) is 3.55. The van der Waals surface area contributed by atoms with Crippen LogP contribution in [0.2, 0.25) is 0 Å². The van der Waals surface area contributed by atoms with Crippen LogP contribution in [-0.2, 0) is 9.53 Å². The fourth-order valence-corrected chi connectivity index (χ4v) is 0.619. The average Bonchev–Trinajstić information content (AvgIpc) is 2.00. The molecule has 0 aliphatic heterocycles. The summed E-state index contributed by atoms with van der Waals surface area (Å²) in [7, 11) is 5.15. The molecule has 0 amide bonds. The third kappa shape index (κ3) is 4.53. The van der Waals surface area contributed by atoms with E-state index < -0.39 is 0 Å². The van der Waals surface area contributed by atoms with Crippen LogP contribution in [0.25, 0.3) is 0 Å². The molecular weight excluding hydrogens is 154 g/mol. The summed E-state index contributed by atoms with van der Waals surface area (Å²) in [5, 5.41) is 0. The Hall–Kier alpha value is -1.27. The summed E-state index contributed by atoms with van der Waals surface area (Å²) in [6.45, 7) is 0.549. The SMILES string of the molecule is C#CC[N+](C)(C)/C=C/C(=O)OC. The summed E-state index contributed by atoms with van der Waals surface area (Å²) < 4.78 is 4.91. The fourth-order valence-electron chi connectivity index (χ4n) is 0.619. The van der Waals surface area contributed by atoms with Crippen LogP contribution in [0.1, 0.15) is 0 Å². The van der Waals surface area contributed by atoms with Gasteiger partial charge in [-0.3, -0.25) is 4.48 Å². The van der Waals surface area contributed by atoms with Crippen molar-refractivity contribution in [2.45, 2.75) is 0 Å². The number of rotatable bonds is 3. The van der Waals surface area contributed by atoms with Crippen molar-refractivity contribution in [1.82, 2.24) is 0 Å². The Bertz CT molecular complexity index is 223. The van der Waals surface area contributed by atoms with Gasteiger partial charge in [-0.05, 0) is 5.92 Å². The normalized spacial score (nSPS) is 11.2. The maximum absolute atomic E-state index is 10.7. The summed E-state index contributed by atoms with van der Waals surface area (Å²) in [5.41, 5.74) is 0. The van der Waals surface area contributed by atoms with Gasteiger partial charge in [-0.25, -0.2) is 4.79 Å². The van der Waals surface area contributed by atoms with E-state index in [0.717, 1.165) is 0 Å². The van der Waals surface area contributed by atoms with Gasteiger partial charge in [0.1, 0.15) is 12.7 Å². The Morgan fingerprint density at radius 3 is 2.67 bits per heavy atom. The second-order valence-electron chi connectivity index (χ2n) is 2.98. The van der Waals surface area contributed by atoms with E-state index in [4.69, 9.17) is 6.42 Å². The van der Waals surface area contributed by atoms with Crippen LogP contribution in [0.5, 0.6) is 0 Å². The minimum atomic E-state index is -0.363. The smallest absolute Gasteiger partial charge is 0.335 e. The Morgan fingerprint density at radius 2 is 2.25 bits per heavy atom. The van der Waals surface area contributed by atoms with E-state index in [0.29, 0.717) is 11.0 Å². The van der Waals surface area contributed by atoms with Crippen molar-refractivity contribution < 1.29 is 14.0 Å². The summed E-state index contributed by atoms with van der Waals surface area (Å²) in [5.74, 6) is 2.16. The average molecular weight is 168 g/mol. The lowest BCUT2D eigenvalue weighted by Crippen LogP contribution is -2.33. The van der Waals surface area contributed by atoms with Gasteiger partial charge in [0, 0.05) is 0 Å². The summed E-state index contributed by atoms with van der Waals surface area (Å²) in [6, 6.07) is 0. The number of esters is 1. The van der Waals surface area contributed by atoms with Crippen LogP contribution >= 0.6 is 0 Å². The molecule has 0 fully saturated rings. The van der Waals surface area contributed by atoms with Gasteiger partial charge in [0.2, 0.25) is 0 Å². The number of carbonyl (C=O) groups excluding carboxylic acids is 1. The Kier molecular flexibility index (Phi) is 4.09. The van der Waals surface area contributed by atoms with E-state index in [9.17, 15) is 4.79 Å². The van der Waals surface area contributed by atoms with E-state index in [2.05, 4.69) is 10.7 Å². The van der Waals surface area contributed by atoms with Gasteiger partial charge in [0.15, 0.2) is 0 Å². The highest BCUT2D eigenvalue weighted by molar-refractivity contribution is 5.81. The molecule has 0 N–H and O–H groups in total. The number of terminal acetylenes is 1. The topological polar surface area (TPSA) is 26.3 Å². The van der Waals surface area contributed by atoms with Gasteiger partial charge >= 0.3 is 5.97 Å². The highest BCUT2D eigenvalue weighted by Crippen LogP contribution is 1.96. The van der Waals surface area contributed by atoms with Crippen LogP contribution in [0.15, 0.2) is 12.3 Å². The van der Waals surface area contributed by atoms with Gasteiger partial charge in [0.05, 0.1) is 27.3 Å². The zero-order chi connectivity index (χ0) is 9.61. The van der Waals surface area contributed by atoms with Crippen molar-refractivity contribution in [3.63, 3.8) is 0 Å². The molecule has 3 nitrogen and oxygen atoms in total. The molecule has 3 heteroatoms. The number of nitrogens with zero attached hydrogens (tertiary/aromatic N) is 1. The molecule has 0 heterocycles. The molecular formula is C9H14NO2+. The Balaban J connectivity index is 4.14. The van der Waals surface area contributed by atoms with Gasteiger partial charge in [-0.1, -0.05) is 0 Å². The van der Waals surface area contributed by atoms with Crippen LogP contribution in [0.4, 0.5) is 0 Å². The van der Waals surface area contributed by atoms with E-state index in [-0.39, 0.29) is 5.97 Å². The molecule has 0 bridgehead atoms. The number of carbonyl (C=O) groups is 1. The second-order valence-corrected chi connectivity index (χ2v) is 2.98. The van der Waals surface area contributed by atoms with Gasteiger partial charge in [0.25, 0.3) is 0 Å². The molecule has 0 aliphatic carbocycles. The molecule has 0 saturated carbocycles. The predicted molar refractivity (Wildman–Crippen MR) is 47.0 cm³/mol. The number of hydrogen-bond donors (Lipinski definition) is 0. The van der Waals surface area contributed by atoms with E-state index in [1.54, 1.807) is 6.20 Å². The third-order valence-corrected chi connectivity index (χ3v) is 1.31. The molecule has 66 valence electrons. The van der Waals surface area contributed by atoms with Crippen molar-refractivity contribution in [3.05, 3.63) is 12.3 Å². The number of quaternary nitrogens is 1. The molecule has 0 saturated heterocycles. The van der Waals surface area contributed by atoms with Crippen molar-refractivity contribution in [2.24, 2.45) is 0 Å². The third-order valence-electron chi connectivity index (χ3n) is 1.31. The zero-order valence-corrected chi connectivity index (χ0v) is 7.70. The van der Waals surface area contributed by atoms with Gasteiger partial charge < -0.3 is 4.74 Å². The maximum Gasteiger partial charge on any atom is 0.335 e. The monoisotopic (exact) mass is 168 g/mol. The molecule has 0 atom stereocenters. The lowest BCUT2D eigenvalue weighted by molar-refractivity contribution is -0.830. The predicted octanol–water partition coefficient (Wildman–Crippen LogP) is 0.383. The van der Waals surface area contributed by atoms with Crippen molar-refractivity contribution in [2.75, 3.05) is 27.7 Å². The fraction of sp³-hybridized carbons (Fsp3) is 0.444. The molecule has 0 aromatic carbocycles. The Morgan fingerprint density at radius 1 is 1.67 bits per heavy atom. The standard InChI is InChI=1S/C9H14NO2/c1-5-7-10(2,3)8-6-9(11)12-4/h1,6,8H,7H2,2-4H3/q+1/b8-6+. The van der Waals surface area contributed by atoms with Crippen LogP contribution in [-0.4, -0.2) is 38.2 Å². The number of ether oxygens (including phenoxy) is 1. The summed E-state index contributed by atoms with van der Waals surface area (Å²) in [4.78, 5) is 10.7. The van der Waals surface area contributed by atoms with Gasteiger partial charge in [-0.15, -0.1) is 6.42 Å². The molecule has 0 spiro atoms. The number of hydrogen-bond acceptors (Lipinski definition) is 2. The molecule has 0 aromatic heterocycles. The van der Waals surface area contributed by atoms with Crippen LogP contribution in [0.3, 0.4) is 0 Å². The van der Waals surface area contributed by atoms with E-state index in [1.807, 2.05) is 14.1 Å². The highest BCUT2D eigenvalue weighted by Gasteiger charge is 2.08. The largest absolute Gasteiger partial charge is 0.466 e. The van der Waals surface area contributed by atoms with Crippen molar-refractivity contribution in [1.29, 1.82) is 0 Å². The van der Waals surface area contributed by atoms with Crippen molar-refractivity contribution in [3.8, 4) is 12.3 Å². The molecule has 0 rings (SSSR count). The first-order valence-electron chi connectivity index (χ1n) is 3.55. The van der Waals surface area contributed by atoms with Gasteiger partial charge in [-0.2, -0.15) is 0 Å². The molecule has 0 aromatic rings. The summed E-state index contributed by atoms with van der Waals surface area (Å²) >= 11 is 0.